The Kier molecular flexibility index (Phi) is 4.15. The van der Waals surface area contributed by atoms with Crippen molar-refractivity contribution in [2.75, 3.05) is 0 Å². The molecule has 0 radical (unpaired) electrons. The predicted molar refractivity (Wildman–Crippen MR) is 79.1 cm³/mol. The van der Waals surface area contributed by atoms with E-state index in [2.05, 4.69) is 10.5 Å². The highest BCUT2D eigenvalue weighted by Crippen LogP contribution is 2.15. The molecular weight excluding hydrogens is 252 g/mol. The van der Waals surface area contributed by atoms with E-state index in [1.54, 1.807) is 30.3 Å². The van der Waals surface area contributed by atoms with E-state index in [9.17, 15) is 9.90 Å². The van der Waals surface area contributed by atoms with Crippen molar-refractivity contribution in [3.05, 3.63) is 64.7 Å². The average Bonchev–Trinajstić information content (AvgIpc) is 2.43. The first-order valence-corrected chi connectivity index (χ1v) is 6.26. The first-order chi connectivity index (χ1) is 9.56. The number of carbonyl (C=O) groups is 1. The van der Waals surface area contributed by atoms with Crippen molar-refractivity contribution in [1.29, 1.82) is 0 Å². The molecule has 0 spiro atoms. The maximum Gasteiger partial charge on any atom is 0.271 e. The van der Waals surface area contributed by atoms with Crippen molar-refractivity contribution >= 4 is 12.1 Å². The van der Waals surface area contributed by atoms with E-state index >= 15 is 0 Å². The second kappa shape index (κ2) is 6.02. The molecule has 2 rings (SSSR count). The number of nitrogens with one attached hydrogen (secondary N) is 1. The molecule has 0 aliphatic carbocycles. The Morgan fingerprint density at radius 3 is 2.45 bits per heavy atom. The molecule has 20 heavy (non-hydrogen) atoms. The molecule has 1 amide bonds. The molecule has 0 fully saturated rings. The Morgan fingerprint density at radius 2 is 1.75 bits per heavy atom. The number of phenols is 1. The van der Waals surface area contributed by atoms with Crippen LogP contribution in [0, 0.1) is 13.8 Å². The van der Waals surface area contributed by atoms with Gasteiger partial charge in [-0.15, -0.1) is 0 Å². The van der Waals surface area contributed by atoms with Gasteiger partial charge in [-0.2, -0.15) is 5.10 Å². The maximum atomic E-state index is 11.8. The number of benzene rings is 2. The smallest absolute Gasteiger partial charge is 0.271 e. The van der Waals surface area contributed by atoms with Crippen molar-refractivity contribution in [3.8, 4) is 5.75 Å². The highest BCUT2D eigenvalue weighted by Gasteiger charge is 2.03. The molecule has 0 aliphatic rings. The summed E-state index contributed by atoms with van der Waals surface area (Å²) in [5.41, 5.74) is 5.64. The summed E-state index contributed by atoms with van der Waals surface area (Å²) in [4.78, 5) is 11.8. The zero-order valence-electron chi connectivity index (χ0n) is 11.4. The number of aromatic hydroxyl groups is 1. The molecule has 0 aromatic heterocycles. The van der Waals surface area contributed by atoms with Crippen LogP contribution in [0.2, 0.25) is 0 Å². The van der Waals surface area contributed by atoms with Crippen LogP contribution < -0.4 is 5.43 Å². The molecule has 102 valence electrons. The van der Waals surface area contributed by atoms with Gasteiger partial charge in [-0.05, 0) is 38.1 Å². The normalized spacial score (nSPS) is 10.7. The highest BCUT2D eigenvalue weighted by atomic mass is 16.3. The number of hydrogen-bond donors (Lipinski definition) is 2. The summed E-state index contributed by atoms with van der Waals surface area (Å²) in [6.45, 7) is 3.88. The number of phenolic OH excluding ortho intramolecular Hbond substituents is 1. The summed E-state index contributed by atoms with van der Waals surface area (Å²) in [7, 11) is 0. The van der Waals surface area contributed by atoms with E-state index in [4.69, 9.17) is 0 Å². The fourth-order valence-corrected chi connectivity index (χ4v) is 1.71. The van der Waals surface area contributed by atoms with Gasteiger partial charge < -0.3 is 5.11 Å². The lowest BCUT2D eigenvalue weighted by molar-refractivity contribution is 0.0955. The van der Waals surface area contributed by atoms with E-state index in [1.165, 1.54) is 6.21 Å². The van der Waals surface area contributed by atoms with Crippen LogP contribution in [-0.2, 0) is 0 Å². The molecule has 0 unspecified atom stereocenters. The number of carbonyl (C=O) groups excluding carboxylic acids is 1. The molecule has 2 aromatic rings. The molecule has 0 atom stereocenters. The molecule has 0 aliphatic heterocycles. The van der Waals surface area contributed by atoms with Gasteiger partial charge in [-0.3, -0.25) is 4.79 Å². The van der Waals surface area contributed by atoms with Gasteiger partial charge in [0.15, 0.2) is 0 Å². The molecular formula is C16H16N2O2. The van der Waals surface area contributed by atoms with Crippen LogP contribution in [0.3, 0.4) is 0 Å². The number of hydrazone groups is 1. The van der Waals surface area contributed by atoms with E-state index in [0.717, 1.165) is 11.1 Å². The minimum absolute atomic E-state index is 0.129. The molecule has 0 saturated carbocycles. The molecule has 2 aromatic carbocycles. The van der Waals surface area contributed by atoms with Gasteiger partial charge in [0.2, 0.25) is 0 Å². The molecule has 2 N–H and O–H groups in total. The van der Waals surface area contributed by atoms with E-state index in [1.807, 2.05) is 26.0 Å². The third kappa shape index (κ3) is 3.45. The third-order valence-electron chi connectivity index (χ3n) is 2.87. The number of aryl methyl sites for hydroxylation is 2. The summed E-state index contributed by atoms with van der Waals surface area (Å²) in [6.07, 6.45) is 1.43. The quantitative estimate of drug-likeness (QED) is 0.664. The largest absolute Gasteiger partial charge is 0.507 e. The topological polar surface area (TPSA) is 61.7 Å². The SMILES string of the molecule is Cc1ccc(C(=O)N/N=C/c2cc(C)ccc2O)cc1. The Balaban J connectivity index is 2.04. The summed E-state index contributed by atoms with van der Waals surface area (Å²) < 4.78 is 0. The average molecular weight is 268 g/mol. The van der Waals surface area contributed by atoms with Gasteiger partial charge in [0.1, 0.15) is 5.75 Å². The number of amides is 1. The molecule has 4 heteroatoms. The minimum atomic E-state index is -0.284. The fourth-order valence-electron chi connectivity index (χ4n) is 1.71. The van der Waals surface area contributed by atoms with Crippen LogP contribution >= 0.6 is 0 Å². The summed E-state index contributed by atoms with van der Waals surface area (Å²) in [5.74, 6) is -0.155. The monoisotopic (exact) mass is 268 g/mol. The van der Waals surface area contributed by atoms with Crippen molar-refractivity contribution < 1.29 is 9.90 Å². The molecule has 0 saturated heterocycles. The van der Waals surface area contributed by atoms with Gasteiger partial charge in [0, 0.05) is 11.1 Å². The van der Waals surface area contributed by atoms with Crippen LogP contribution in [0.1, 0.15) is 27.0 Å². The number of hydrogen-bond acceptors (Lipinski definition) is 3. The number of nitrogens with zero attached hydrogens (tertiary/aromatic N) is 1. The zero-order valence-corrected chi connectivity index (χ0v) is 11.4. The minimum Gasteiger partial charge on any atom is -0.507 e. The molecule has 0 heterocycles. The fraction of sp³-hybridized carbons (Fsp3) is 0.125. The van der Waals surface area contributed by atoms with Crippen LogP contribution in [-0.4, -0.2) is 17.2 Å². The summed E-state index contributed by atoms with van der Waals surface area (Å²) >= 11 is 0. The zero-order chi connectivity index (χ0) is 14.5. The Morgan fingerprint density at radius 1 is 1.10 bits per heavy atom. The van der Waals surface area contributed by atoms with Crippen LogP contribution in [0.25, 0.3) is 0 Å². The van der Waals surface area contributed by atoms with Gasteiger partial charge >= 0.3 is 0 Å². The van der Waals surface area contributed by atoms with Crippen molar-refractivity contribution in [3.63, 3.8) is 0 Å². The molecule has 0 bridgehead atoms. The second-order valence-electron chi connectivity index (χ2n) is 4.63. The van der Waals surface area contributed by atoms with Crippen LogP contribution in [0.15, 0.2) is 47.6 Å². The maximum absolute atomic E-state index is 11.8. The Labute approximate surface area is 117 Å². The van der Waals surface area contributed by atoms with Gasteiger partial charge in [0.05, 0.1) is 6.21 Å². The van der Waals surface area contributed by atoms with E-state index in [-0.39, 0.29) is 11.7 Å². The Bertz CT molecular complexity index is 646. The van der Waals surface area contributed by atoms with Crippen LogP contribution in [0.4, 0.5) is 0 Å². The summed E-state index contributed by atoms with van der Waals surface area (Å²) in [6, 6.07) is 12.4. The van der Waals surface area contributed by atoms with Crippen molar-refractivity contribution in [1.82, 2.24) is 5.43 Å². The van der Waals surface area contributed by atoms with Gasteiger partial charge in [0.25, 0.3) is 5.91 Å². The predicted octanol–water partition coefficient (Wildman–Crippen LogP) is 2.77. The second-order valence-corrected chi connectivity index (χ2v) is 4.63. The lowest BCUT2D eigenvalue weighted by Gasteiger charge is -2.02. The summed E-state index contributed by atoms with van der Waals surface area (Å²) in [5, 5.41) is 13.5. The molecule has 4 nitrogen and oxygen atoms in total. The van der Waals surface area contributed by atoms with E-state index < -0.39 is 0 Å². The van der Waals surface area contributed by atoms with Crippen molar-refractivity contribution in [2.24, 2.45) is 5.10 Å². The standard InChI is InChI=1S/C16H16N2O2/c1-11-3-6-13(7-4-11)16(20)18-17-10-14-9-12(2)5-8-15(14)19/h3-10,19H,1-2H3,(H,18,20)/b17-10+. The van der Waals surface area contributed by atoms with Crippen molar-refractivity contribution in [2.45, 2.75) is 13.8 Å². The highest BCUT2D eigenvalue weighted by molar-refractivity contribution is 5.95. The van der Waals surface area contributed by atoms with Gasteiger partial charge in [-0.25, -0.2) is 5.43 Å². The third-order valence-corrected chi connectivity index (χ3v) is 2.87. The first kappa shape index (κ1) is 13.8. The first-order valence-electron chi connectivity index (χ1n) is 6.26. The van der Waals surface area contributed by atoms with E-state index in [0.29, 0.717) is 11.1 Å². The number of rotatable bonds is 3. The van der Waals surface area contributed by atoms with Gasteiger partial charge in [-0.1, -0.05) is 29.3 Å². The lowest BCUT2D eigenvalue weighted by atomic mass is 10.1. The Hall–Kier alpha value is -2.62. The lowest BCUT2D eigenvalue weighted by Crippen LogP contribution is -2.17. The van der Waals surface area contributed by atoms with Crippen LogP contribution in [0.5, 0.6) is 5.75 Å².